The van der Waals surface area contributed by atoms with Crippen molar-refractivity contribution in [3.8, 4) is 5.75 Å². The van der Waals surface area contributed by atoms with E-state index in [0.29, 0.717) is 12.4 Å². The number of carbonyl (C=O) groups is 1. The predicted octanol–water partition coefficient (Wildman–Crippen LogP) is 6.08. The van der Waals surface area contributed by atoms with Crippen molar-refractivity contribution in [3.63, 3.8) is 0 Å². The molecule has 0 bridgehead atoms. The molecule has 152 valence electrons. The first-order chi connectivity index (χ1) is 14.6. The van der Waals surface area contributed by atoms with Gasteiger partial charge in [0.05, 0.1) is 6.61 Å². The lowest BCUT2D eigenvalue weighted by Gasteiger charge is -2.26. The molecule has 4 heteroatoms. The zero-order valence-electron chi connectivity index (χ0n) is 17.1. The van der Waals surface area contributed by atoms with Crippen molar-refractivity contribution in [2.24, 2.45) is 0 Å². The smallest absolute Gasteiger partial charge is 0.335 e. The Kier molecular flexibility index (Phi) is 7.19. The van der Waals surface area contributed by atoms with Crippen LogP contribution in [-0.4, -0.2) is 19.7 Å². The van der Waals surface area contributed by atoms with Gasteiger partial charge in [0.15, 0.2) is 0 Å². The van der Waals surface area contributed by atoms with Crippen molar-refractivity contribution in [1.29, 1.82) is 0 Å². The molecule has 0 atom stereocenters. The summed E-state index contributed by atoms with van der Waals surface area (Å²) in [5, 5.41) is 0. The lowest BCUT2D eigenvalue weighted by molar-refractivity contribution is -0.128. The van der Waals surface area contributed by atoms with Crippen molar-refractivity contribution in [2.45, 2.75) is 6.42 Å². The Labute approximate surface area is 177 Å². The Balaban J connectivity index is 1.95. The Morgan fingerprint density at radius 3 is 1.90 bits per heavy atom. The largest absolute Gasteiger partial charge is 0.423 e. The Morgan fingerprint density at radius 2 is 1.40 bits per heavy atom. The van der Waals surface area contributed by atoms with Gasteiger partial charge in [0, 0.05) is 30.2 Å². The van der Waals surface area contributed by atoms with E-state index < -0.39 is 5.97 Å². The highest BCUT2D eigenvalue weighted by Gasteiger charge is 2.13. The van der Waals surface area contributed by atoms with E-state index in [9.17, 15) is 4.79 Å². The summed E-state index contributed by atoms with van der Waals surface area (Å²) in [6, 6.07) is 24.0. The zero-order valence-corrected chi connectivity index (χ0v) is 17.1. The molecule has 0 aromatic heterocycles. The molecule has 3 aromatic rings. The number of ether oxygens (including phenoxy) is 2. The van der Waals surface area contributed by atoms with Crippen LogP contribution in [0.25, 0.3) is 6.08 Å². The van der Waals surface area contributed by atoms with E-state index in [1.807, 2.05) is 30.3 Å². The van der Waals surface area contributed by atoms with Crippen LogP contribution in [0.1, 0.15) is 11.1 Å². The molecule has 0 spiro atoms. The van der Waals surface area contributed by atoms with Crippen LogP contribution in [-0.2, 0) is 16.0 Å². The number of hydrogen-bond acceptors (Lipinski definition) is 4. The summed E-state index contributed by atoms with van der Waals surface area (Å²) < 4.78 is 10.4. The lowest BCUT2D eigenvalue weighted by Crippen LogP contribution is -2.10. The number of hydrogen-bond donors (Lipinski definition) is 0. The summed E-state index contributed by atoms with van der Waals surface area (Å²) in [5.41, 5.74) is 5.26. The standard InChI is InChI=1S/C26H25NO3/c1-4-20-6-10-22(11-7-20)27(23-12-8-21(9-13-23)18-19-29-3)24-14-16-25(17-15-24)30-26(28)5-2/h4-17H,1-2,18-19H2,3H3. The van der Waals surface area contributed by atoms with E-state index in [1.165, 1.54) is 5.56 Å². The SMILES string of the molecule is C=CC(=O)Oc1ccc(N(c2ccc(C=C)cc2)c2ccc(CCOC)cc2)cc1. The molecule has 0 N–H and O–H groups in total. The second-order valence-electron chi connectivity index (χ2n) is 6.66. The number of carbonyl (C=O) groups excluding carboxylic acids is 1. The van der Waals surface area contributed by atoms with Gasteiger partial charge in [-0.1, -0.05) is 43.5 Å². The molecule has 0 aliphatic heterocycles. The fraction of sp³-hybridized carbons (Fsp3) is 0.115. The molecule has 30 heavy (non-hydrogen) atoms. The first kappa shape index (κ1) is 21.1. The van der Waals surface area contributed by atoms with Gasteiger partial charge in [-0.05, 0) is 66.1 Å². The Bertz CT molecular complexity index is 990. The van der Waals surface area contributed by atoms with Crippen LogP contribution in [0.5, 0.6) is 5.75 Å². The van der Waals surface area contributed by atoms with E-state index in [0.717, 1.165) is 35.1 Å². The Morgan fingerprint density at radius 1 is 0.867 bits per heavy atom. The second-order valence-corrected chi connectivity index (χ2v) is 6.66. The van der Waals surface area contributed by atoms with E-state index >= 15 is 0 Å². The van der Waals surface area contributed by atoms with Gasteiger partial charge in [0.1, 0.15) is 5.75 Å². The van der Waals surface area contributed by atoms with Crippen LogP contribution >= 0.6 is 0 Å². The van der Waals surface area contributed by atoms with Gasteiger partial charge in [0.25, 0.3) is 0 Å². The molecule has 4 nitrogen and oxygen atoms in total. The molecule has 0 saturated carbocycles. The predicted molar refractivity (Wildman–Crippen MR) is 123 cm³/mol. The molecule has 0 unspecified atom stereocenters. The molecule has 0 amide bonds. The van der Waals surface area contributed by atoms with Crippen molar-refractivity contribution >= 4 is 29.1 Å². The summed E-state index contributed by atoms with van der Waals surface area (Å²) in [5.74, 6) is -0.00761. The molecule has 0 aliphatic rings. The maximum atomic E-state index is 11.4. The van der Waals surface area contributed by atoms with Crippen molar-refractivity contribution in [1.82, 2.24) is 0 Å². The van der Waals surface area contributed by atoms with Crippen LogP contribution in [0.2, 0.25) is 0 Å². The number of methoxy groups -OCH3 is 1. The fourth-order valence-electron chi connectivity index (χ4n) is 3.06. The second kappa shape index (κ2) is 10.2. The third-order valence-electron chi connectivity index (χ3n) is 4.66. The summed E-state index contributed by atoms with van der Waals surface area (Å²) in [6.45, 7) is 7.94. The fourth-order valence-corrected chi connectivity index (χ4v) is 3.06. The van der Waals surface area contributed by atoms with Gasteiger partial charge in [-0.2, -0.15) is 0 Å². The van der Waals surface area contributed by atoms with E-state index in [2.05, 4.69) is 54.5 Å². The monoisotopic (exact) mass is 399 g/mol. The first-order valence-electron chi connectivity index (χ1n) is 9.69. The molecule has 0 heterocycles. The van der Waals surface area contributed by atoms with Gasteiger partial charge in [-0.15, -0.1) is 0 Å². The van der Waals surface area contributed by atoms with Gasteiger partial charge in [0.2, 0.25) is 0 Å². The molecule has 0 radical (unpaired) electrons. The number of rotatable bonds is 9. The summed E-state index contributed by atoms with van der Waals surface area (Å²) in [4.78, 5) is 13.6. The third-order valence-corrected chi connectivity index (χ3v) is 4.66. The molecule has 0 aliphatic carbocycles. The minimum absolute atomic E-state index is 0.473. The molecule has 0 fully saturated rings. The van der Waals surface area contributed by atoms with Crippen molar-refractivity contribution in [2.75, 3.05) is 18.6 Å². The average molecular weight is 399 g/mol. The highest BCUT2D eigenvalue weighted by Crippen LogP contribution is 2.35. The first-order valence-corrected chi connectivity index (χ1v) is 9.69. The van der Waals surface area contributed by atoms with Crippen molar-refractivity contribution in [3.05, 3.63) is 103 Å². The third kappa shape index (κ3) is 5.25. The zero-order chi connectivity index (χ0) is 21.3. The number of anilines is 3. The summed E-state index contributed by atoms with van der Waals surface area (Å²) >= 11 is 0. The molecule has 3 aromatic carbocycles. The maximum absolute atomic E-state index is 11.4. The average Bonchev–Trinajstić information content (AvgIpc) is 2.80. The topological polar surface area (TPSA) is 38.8 Å². The van der Waals surface area contributed by atoms with Crippen molar-refractivity contribution < 1.29 is 14.3 Å². The van der Waals surface area contributed by atoms with Crippen LogP contribution < -0.4 is 9.64 Å². The van der Waals surface area contributed by atoms with Gasteiger partial charge < -0.3 is 14.4 Å². The van der Waals surface area contributed by atoms with Gasteiger partial charge in [-0.3, -0.25) is 0 Å². The minimum atomic E-state index is -0.480. The van der Waals surface area contributed by atoms with E-state index in [-0.39, 0.29) is 0 Å². The Hall–Kier alpha value is -3.63. The highest BCUT2D eigenvalue weighted by atomic mass is 16.5. The number of benzene rings is 3. The number of esters is 1. The van der Waals surface area contributed by atoms with Gasteiger partial charge >= 0.3 is 5.97 Å². The van der Waals surface area contributed by atoms with Crippen LogP contribution in [0.15, 0.2) is 92.0 Å². The minimum Gasteiger partial charge on any atom is -0.423 e. The molecule has 3 rings (SSSR count). The van der Waals surface area contributed by atoms with Crippen LogP contribution in [0.4, 0.5) is 17.1 Å². The van der Waals surface area contributed by atoms with Crippen LogP contribution in [0.3, 0.4) is 0 Å². The lowest BCUT2D eigenvalue weighted by atomic mass is 10.1. The highest BCUT2D eigenvalue weighted by molar-refractivity contribution is 5.83. The normalized spacial score (nSPS) is 10.3. The van der Waals surface area contributed by atoms with Crippen LogP contribution in [0, 0.1) is 0 Å². The van der Waals surface area contributed by atoms with E-state index in [4.69, 9.17) is 9.47 Å². The maximum Gasteiger partial charge on any atom is 0.335 e. The molecular formula is C26H25NO3. The summed E-state index contributed by atoms with van der Waals surface area (Å²) in [7, 11) is 1.71. The summed E-state index contributed by atoms with van der Waals surface area (Å²) in [6.07, 6.45) is 3.84. The van der Waals surface area contributed by atoms with Gasteiger partial charge in [-0.25, -0.2) is 4.79 Å². The quantitative estimate of drug-likeness (QED) is 0.248. The molecule has 0 saturated heterocycles. The molecular weight excluding hydrogens is 374 g/mol. The van der Waals surface area contributed by atoms with E-state index in [1.54, 1.807) is 19.2 Å². The number of nitrogens with zero attached hydrogens (tertiary/aromatic N) is 1.